The molecule has 0 unspecified atom stereocenters. The molecule has 0 bridgehead atoms. The van der Waals surface area contributed by atoms with Crippen LogP contribution < -0.4 is 14.2 Å². The van der Waals surface area contributed by atoms with Crippen molar-refractivity contribution in [1.82, 2.24) is 0 Å². The minimum atomic E-state index is -1.68. The molecule has 0 saturated heterocycles. The van der Waals surface area contributed by atoms with Gasteiger partial charge in [-0.15, -0.1) is 0 Å². The number of ether oxygens (including phenoxy) is 4. The summed E-state index contributed by atoms with van der Waals surface area (Å²) in [5.74, 6) is 0.105. The Morgan fingerprint density at radius 1 is 1.03 bits per heavy atom. The first kappa shape index (κ1) is 19.9. The second-order valence-electron chi connectivity index (χ2n) is 8.02. The largest absolute Gasteiger partial charge is 0.496 e. The Hall–Kier alpha value is -2.99. The summed E-state index contributed by atoms with van der Waals surface area (Å²) in [7, 11) is 2.91. The topological polar surface area (TPSA) is 71.1 Å². The van der Waals surface area contributed by atoms with Gasteiger partial charge in [-0.1, -0.05) is 48.9 Å². The molecular formula is C24H21ClO6. The lowest BCUT2D eigenvalue weighted by Crippen LogP contribution is -2.56. The molecule has 0 N–H and O–H groups in total. The molecule has 0 aromatic heterocycles. The van der Waals surface area contributed by atoms with Crippen LogP contribution in [0.5, 0.6) is 17.2 Å². The Kier molecular flexibility index (Phi) is 4.52. The molecule has 2 aliphatic heterocycles. The molecule has 2 heterocycles. The molecule has 6 nitrogen and oxygen atoms in total. The van der Waals surface area contributed by atoms with Crippen LogP contribution in [0.15, 0.2) is 47.7 Å². The van der Waals surface area contributed by atoms with Crippen LogP contribution in [0.3, 0.4) is 0 Å². The van der Waals surface area contributed by atoms with E-state index >= 15 is 0 Å². The van der Waals surface area contributed by atoms with Crippen molar-refractivity contribution in [2.45, 2.75) is 31.5 Å². The molecular weight excluding hydrogens is 420 g/mol. The molecule has 3 atom stereocenters. The fourth-order valence-corrected chi connectivity index (χ4v) is 5.04. The number of ketones is 2. The van der Waals surface area contributed by atoms with E-state index in [9.17, 15) is 9.59 Å². The van der Waals surface area contributed by atoms with Gasteiger partial charge in [-0.25, -0.2) is 0 Å². The maximum atomic E-state index is 13.8. The molecule has 3 aliphatic rings. The Morgan fingerprint density at radius 3 is 2.42 bits per heavy atom. The predicted molar refractivity (Wildman–Crippen MR) is 113 cm³/mol. The molecule has 31 heavy (non-hydrogen) atoms. The van der Waals surface area contributed by atoms with Crippen molar-refractivity contribution in [3.8, 4) is 17.2 Å². The van der Waals surface area contributed by atoms with Crippen LogP contribution in [0.1, 0.15) is 41.8 Å². The first-order valence-corrected chi connectivity index (χ1v) is 10.5. The van der Waals surface area contributed by atoms with E-state index in [4.69, 9.17) is 30.5 Å². The van der Waals surface area contributed by atoms with E-state index in [1.807, 2.05) is 37.3 Å². The molecule has 1 spiro atoms. The number of carbonyl (C=O) groups is 2. The molecule has 2 aromatic rings. The number of hydrogen-bond donors (Lipinski definition) is 0. The van der Waals surface area contributed by atoms with Gasteiger partial charge < -0.3 is 18.9 Å². The second-order valence-corrected chi connectivity index (χ2v) is 8.40. The van der Waals surface area contributed by atoms with Gasteiger partial charge in [0.1, 0.15) is 33.9 Å². The third-order valence-corrected chi connectivity index (χ3v) is 6.76. The normalized spacial score (nSPS) is 26.5. The molecule has 0 amide bonds. The van der Waals surface area contributed by atoms with E-state index in [1.165, 1.54) is 20.3 Å². The highest BCUT2D eigenvalue weighted by atomic mass is 35.5. The number of rotatable bonds is 3. The average molecular weight is 441 g/mol. The number of carbonyl (C=O) groups excluding carboxylic acids is 2. The first-order chi connectivity index (χ1) is 14.9. The summed E-state index contributed by atoms with van der Waals surface area (Å²) in [6.45, 7) is 1.82. The SMILES string of the molecule is COc1cc(OC)c2c(c1Cl)O[C@@]1(C(=O)C3=C(C[C@H]1C)O[C@@H](c1ccccc1)C3)C2=O. The third-order valence-electron chi connectivity index (χ3n) is 6.40. The van der Waals surface area contributed by atoms with Gasteiger partial charge in [0, 0.05) is 30.4 Å². The summed E-state index contributed by atoms with van der Waals surface area (Å²) in [6.07, 6.45) is 0.560. The molecule has 0 fully saturated rings. The van der Waals surface area contributed by atoms with Gasteiger partial charge in [0.25, 0.3) is 0 Å². The van der Waals surface area contributed by atoms with Crippen molar-refractivity contribution in [2.24, 2.45) is 5.92 Å². The fourth-order valence-electron chi connectivity index (χ4n) is 4.77. The van der Waals surface area contributed by atoms with Crippen molar-refractivity contribution in [2.75, 3.05) is 14.2 Å². The first-order valence-electron chi connectivity index (χ1n) is 10.1. The van der Waals surface area contributed by atoms with Crippen LogP contribution >= 0.6 is 11.6 Å². The van der Waals surface area contributed by atoms with Gasteiger partial charge in [0.05, 0.1) is 14.2 Å². The number of halogens is 1. The van der Waals surface area contributed by atoms with Gasteiger partial charge >= 0.3 is 0 Å². The number of hydrogen-bond acceptors (Lipinski definition) is 6. The number of allylic oxidation sites excluding steroid dienone is 1. The maximum absolute atomic E-state index is 13.8. The summed E-state index contributed by atoms with van der Waals surface area (Å²) in [5.41, 5.74) is -0.00612. The van der Waals surface area contributed by atoms with E-state index in [0.29, 0.717) is 29.9 Å². The number of Topliss-reactive ketones (excluding diaryl/α,β-unsaturated/α-hetero) is 2. The zero-order valence-corrected chi connectivity index (χ0v) is 18.1. The average Bonchev–Trinajstić information content (AvgIpc) is 3.34. The summed E-state index contributed by atoms with van der Waals surface area (Å²) in [6, 6.07) is 11.3. The van der Waals surface area contributed by atoms with Crippen molar-refractivity contribution in [3.63, 3.8) is 0 Å². The monoisotopic (exact) mass is 440 g/mol. The fraction of sp³-hybridized carbons (Fsp3) is 0.333. The minimum absolute atomic E-state index is 0.130. The predicted octanol–water partition coefficient (Wildman–Crippen LogP) is 4.70. The zero-order chi connectivity index (χ0) is 21.9. The van der Waals surface area contributed by atoms with Crippen LogP contribution in [0.4, 0.5) is 0 Å². The summed E-state index contributed by atoms with van der Waals surface area (Å²) in [4.78, 5) is 27.4. The van der Waals surface area contributed by atoms with Gasteiger partial charge in [-0.05, 0) is 5.56 Å². The van der Waals surface area contributed by atoms with Crippen LogP contribution in [0.25, 0.3) is 0 Å². The maximum Gasteiger partial charge on any atom is 0.236 e. The standard InChI is InChI=1S/C24H21ClO6/c1-12-9-16-14(10-15(30-16)13-7-5-4-6-8-13)22(26)24(12)23(27)19-17(28-2)11-18(29-3)20(25)21(19)31-24/h4-8,11-12,15H,9-10H2,1-3H3/t12-,15-,24+/m1/s1. The van der Waals surface area contributed by atoms with Crippen LogP contribution in [-0.2, 0) is 9.53 Å². The Labute approximate surface area is 184 Å². The molecule has 5 rings (SSSR count). The zero-order valence-electron chi connectivity index (χ0n) is 17.4. The van der Waals surface area contributed by atoms with E-state index < -0.39 is 17.3 Å². The highest BCUT2D eigenvalue weighted by Gasteiger charge is 2.63. The van der Waals surface area contributed by atoms with Gasteiger partial charge in [-0.3, -0.25) is 9.59 Å². The number of fused-ring (bicyclic) bond motifs is 1. The number of methoxy groups -OCH3 is 2. The molecule has 2 aromatic carbocycles. The number of benzene rings is 2. The lowest BCUT2D eigenvalue weighted by atomic mass is 9.71. The molecule has 7 heteroatoms. The van der Waals surface area contributed by atoms with Crippen molar-refractivity contribution >= 4 is 23.2 Å². The highest BCUT2D eigenvalue weighted by Crippen LogP contribution is 2.55. The molecule has 160 valence electrons. The molecule has 1 aliphatic carbocycles. The Bertz CT molecular complexity index is 1140. The van der Waals surface area contributed by atoms with Crippen molar-refractivity contribution in [1.29, 1.82) is 0 Å². The third kappa shape index (κ3) is 2.64. The Morgan fingerprint density at radius 2 is 1.74 bits per heavy atom. The van der Waals surface area contributed by atoms with Crippen LogP contribution in [0, 0.1) is 5.92 Å². The van der Waals surface area contributed by atoms with Gasteiger partial charge in [0.2, 0.25) is 17.2 Å². The van der Waals surface area contributed by atoms with Crippen LogP contribution in [0.2, 0.25) is 5.02 Å². The smallest absolute Gasteiger partial charge is 0.236 e. The van der Waals surface area contributed by atoms with Crippen LogP contribution in [-0.4, -0.2) is 31.4 Å². The van der Waals surface area contributed by atoms with Crippen molar-refractivity contribution < 1.29 is 28.5 Å². The lowest BCUT2D eigenvalue weighted by molar-refractivity contribution is -0.130. The van der Waals surface area contributed by atoms with Crippen molar-refractivity contribution in [3.05, 3.63) is 63.9 Å². The highest BCUT2D eigenvalue weighted by molar-refractivity contribution is 6.36. The van der Waals surface area contributed by atoms with E-state index in [0.717, 1.165) is 5.56 Å². The quantitative estimate of drug-likeness (QED) is 0.644. The lowest BCUT2D eigenvalue weighted by Gasteiger charge is -2.35. The van der Waals surface area contributed by atoms with E-state index in [1.54, 1.807) is 0 Å². The Balaban J connectivity index is 1.56. The van der Waals surface area contributed by atoms with E-state index in [-0.39, 0.29) is 34.0 Å². The summed E-state index contributed by atoms with van der Waals surface area (Å²) >= 11 is 6.46. The molecule has 0 radical (unpaired) electrons. The van der Waals surface area contributed by atoms with E-state index in [2.05, 4.69) is 0 Å². The summed E-state index contributed by atoms with van der Waals surface area (Å²) in [5, 5.41) is 0.146. The second kappa shape index (κ2) is 7.02. The molecule has 0 saturated carbocycles. The summed E-state index contributed by atoms with van der Waals surface area (Å²) < 4.78 is 23.0. The minimum Gasteiger partial charge on any atom is -0.496 e. The van der Waals surface area contributed by atoms with Gasteiger partial charge in [-0.2, -0.15) is 0 Å². The van der Waals surface area contributed by atoms with Gasteiger partial charge in [0.15, 0.2) is 5.75 Å².